The van der Waals surface area contributed by atoms with Gasteiger partial charge < -0.3 is 15.0 Å². The Kier molecular flexibility index (Phi) is 6.38. The van der Waals surface area contributed by atoms with Crippen LogP contribution >= 0.6 is 11.3 Å². The van der Waals surface area contributed by atoms with Gasteiger partial charge >= 0.3 is 0 Å². The van der Waals surface area contributed by atoms with Gasteiger partial charge in [0.15, 0.2) is 0 Å². The molecule has 0 unspecified atom stereocenters. The molecule has 0 bridgehead atoms. The first-order chi connectivity index (χ1) is 16.1. The van der Waals surface area contributed by atoms with Crippen molar-refractivity contribution >= 4 is 22.9 Å². The van der Waals surface area contributed by atoms with E-state index in [1.54, 1.807) is 11.3 Å². The van der Waals surface area contributed by atoms with Gasteiger partial charge in [0.1, 0.15) is 12.4 Å². The third kappa shape index (κ3) is 4.77. The van der Waals surface area contributed by atoms with Crippen LogP contribution in [0, 0.1) is 6.92 Å². The molecule has 0 spiro atoms. The van der Waals surface area contributed by atoms with Gasteiger partial charge in [0.05, 0.1) is 4.88 Å². The summed E-state index contributed by atoms with van der Waals surface area (Å²) in [7, 11) is 0. The van der Waals surface area contributed by atoms with Crippen molar-refractivity contribution < 1.29 is 9.53 Å². The zero-order chi connectivity index (χ0) is 22.8. The monoisotopic (exact) mass is 461 g/mol. The van der Waals surface area contributed by atoms with Crippen molar-refractivity contribution in [3.63, 3.8) is 0 Å². The molecule has 172 valence electrons. The topological polar surface area (TPSA) is 44.8 Å². The standard InChI is InChI=1S/C27H31N3O2S/c1-19-7-5-8-22(15-19)30-14-13-29(17-20(30)2)12-6-11-28-27(31)25-16-21-18-32-24-10-4-3-9-23(24)26(21)33-25/h3-5,7-10,15-16,20H,6,11-14,17-18H2,1-2H3,(H,28,31)/t20-/m0/s1. The lowest BCUT2D eigenvalue weighted by molar-refractivity contribution is 0.0955. The molecule has 1 fully saturated rings. The van der Waals surface area contributed by atoms with Gasteiger partial charge in [-0.25, -0.2) is 0 Å². The van der Waals surface area contributed by atoms with Crippen LogP contribution in [0.5, 0.6) is 5.75 Å². The van der Waals surface area contributed by atoms with E-state index < -0.39 is 0 Å². The van der Waals surface area contributed by atoms with E-state index in [1.165, 1.54) is 11.3 Å². The number of aryl methyl sites for hydroxylation is 1. The fourth-order valence-corrected chi connectivity index (χ4v) is 5.94. The maximum absolute atomic E-state index is 12.7. The molecular formula is C27H31N3O2S. The summed E-state index contributed by atoms with van der Waals surface area (Å²) < 4.78 is 5.82. The van der Waals surface area contributed by atoms with E-state index in [4.69, 9.17) is 4.74 Å². The van der Waals surface area contributed by atoms with Crippen LogP contribution in [-0.4, -0.2) is 49.6 Å². The van der Waals surface area contributed by atoms with Crippen molar-refractivity contribution in [1.29, 1.82) is 0 Å². The van der Waals surface area contributed by atoms with Crippen LogP contribution < -0.4 is 15.0 Å². The van der Waals surface area contributed by atoms with Gasteiger partial charge in [0.25, 0.3) is 5.91 Å². The number of nitrogens with one attached hydrogen (secondary N) is 1. The van der Waals surface area contributed by atoms with Crippen LogP contribution in [-0.2, 0) is 6.61 Å². The predicted octanol–water partition coefficient (Wildman–Crippen LogP) is 4.95. The van der Waals surface area contributed by atoms with E-state index in [0.717, 1.165) is 59.2 Å². The van der Waals surface area contributed by atoms with E-state index in [1.807, 2.05) is 24.3 Å². The molecule has 3 aromatic rings. The van der Waals surface area contributed by atoms with E-state index in [-0.39, 0.29) is 5.91 Å². The Labute approximate surface area is 200 Å². The summed E-state index contributed by atoms with van der Waals surface area (Å²) in [6, 6.07) is 19.3. The lowest BCUT2D eigenvalue weighted by Crippen LogP contribution is -2.52. The normalized spacial score (nSPS) is 17.8. The Morgan fingerprint density at radius 1 is 1.15 bits per heavy atom. The minimum Gasteiger partial charge on any atom is -0.488 e. The summed E-state index contributed by atoms with van der Waals surface area (Å²) in [5.74, 6) is 0.917. The molecule has 0 saturated carbocycles. The predicted molar refractivity (Wildman–Crippen MR) is 135 cm³/mol. The Morgan fingerprint density at radius 3 is 2.88 bits per heavy atom. The van der Waals surface area contributed by atoms with Crippen molar-refractivity contribution in [3.8, 4) is 16.2 Å². The number of amides is 1. The number of anilines is 1. The number of carbonyl (C=O) groups is 1. The minimum atomic E-state index is 0.0181. The molecule has 5 nitrogen and oxygen atoms in total. The number of benzene rings is 2. The van der Waals surface area contributed by atoms with Crippen LogP contribution in [0.15, 0.2) is 54.6 Å². The fourth-order valence-electron chi connectivity index (χ4n) is 4.83. The smallest absolute Gasteiger partial charge is 0.261 e. The third-order valence-corrected chi connectivity index (χ3v) is 7.74. The second-order valence-electron chi connectivity index (χ2n) is 9.04. The summed E-state index contributed by atoms with van der Waals surface area (Å²) >= 11 is 1.56. The first-order valence-electron chi connectivity index (χ1n) is 11.8. The Bertz CT molecular complexity index is 1140. The summed E-state index contributed by atoms with van der Waals surface area (Å²) in [4.78, 5) is 19.7. The summed E-state index contributed by atoms with van der Waals surface area (Å²) in [5, 5.41) is 3.12. The van der Waals surface area contributed by atoms with Crippen molar-refractivity contribution in [1.82, 2.24) is 10.2 Å². The number of fused-ring (bicyclic) bond motifs is 3. The summed E-state index contributed by atoms with van der Waals surface area (Å²) in [6.45, 7) is 9.84. The number of piperazine rings is 1. The Hall–Kier alpha value is -2.83. The van der Waals surface area contributed by atoms with Gasteiger partial charge in [-0.15, -0.1) is 11.3 Å². The summed E-state index contributed by atoms with van der Waals surface area (Å²) in [5.41, 5.74) is 4.81. The van der Waals surface area contributed by atoms with E-state index in [9.17, 15) is 4.79 Å². The highest BCUT2D eigenvalue weighted by atomic mass is 32.1. The molecule has 1 atom stereocenters. The highest BCUT2D eigenvalue weighted by molar-refractivity contribution is 7.17. The van der Waals surface area contributed by atoms with E-state index >= 15 is 0 Å². The van der Waals surface area contributed by atoms with Gasteiger partial charge in [-0.05, 0) is 62.7 Å². The van der Waals surface area contributed by atoms with Crippen molar-refractivity contribution in [2.75, 3.05) is 37.6 Å². The SMILES string of the molecule is Cc1cccc(N2CCN(CCCNC(=O)c3cc4c(s3)-c3ccccc3OC4)C[C@@H]2C)c1. The van der Waals surface area contributed by atoms with E-state index in [2.05, 4.69) is 59.3 Å². The van der Waals surface area contributed by atoms with Gasteiger partial charge in [0.2, 0.25) is 0 Å². The fraction of sp³-hybridized carbons (Fsp3) is 0.370. The molecule has 5 rings (SSSR count). The van der Waals surface area contributed by atoms with Gasteiger partial charge in [-0.2, -0.15) is 0 Å². The minimum absolute atomic E-state index is 0.0181. The van der Waals surface area contributed by atoms with Gasteiger partial charge in [-0.3, -0.25) is 9.69 Å². The molecule has 1 amide bonds. The number of para-hydroxylation sites is 1. The lowest BCUT2D eigenvalue weighted by Gasteiger charge is -2.41. The second-order valence-corrected chi connectivity index (χ2v) is 10.1. The molecule has 0 aliphatic carbocycles. The number of carbonyl (C=O) groups excluding carboxylic acids is 1. The molecule has 1 aromatic heterocycles. The molecule has 2 aliphatic rings. The lowest BCUT2D eigenvalue weighted by atomic mass is 10.1. The summed E-state index contributed by atoms with van der Waals surface area (Å²) in [6.07, 6.45) is 0.958. The number of rotatable bonds is 6. The van der Waals surface area contributed by atoms with Crippen LogP contribution in [0.4, 0.5) is 5.69 Å². The Balaban J connectivity index is 1.09. The van der Waals surface area contributed by atoms with Crippen LogP contribution in [0.25, 0.3) is 10.4 Å². The molecule has 2 aliphatic heterocycles. The maximum Gasteiger partial charge on any atom is 0.261 e. The van der Waals surface area contributed by atoms with Crippen molar-refractivity contribution in [3.05, 3.63) is 70.6 Å². The molecule has 6 heteroatoms. The third-order valence-electron chi connectivity index (χ3n) is 6.53. The van der Waals surface area contributed by atoms with Crippen molar-refractivity contribution in [2.24, 2.45) is 0 Å². The molecule has 33 heavy (non-hydrogen) atoms. The van der Waals surface area contributed by atoms with Gasteiger partial charge in [-0.1, -0.05) is 24.3 Å². The first kappa shape index (κ1) is 22.0. The second kappa shape index (κ2) is 9.57. The van der Waals surface area contributed by atoms with Crippen LogP contribution in [0.3, 0.4) is 0 Å². The number of ether oxygens (including phenoxy) is 1. The zero-order valence-corrected chi connectivity index (χ0v) is 20.2. The number of nitrogens with zero attached hydrogens (tertiary/aromatic N) is 2. The van der Waals surface area contributed by atoms with Gasteiger partial charge in [0, 0.05) is 53.9 Å². The largest absolute Gasteiger partial charge is 0.488 e. The number of thiophene rings is 1. The van der Waals surface area contributed by atoms with Crippen molar-refractivity contribution in [2.45, 2.75) is 32.9 Å². The highest BCUT2D eigenvalue weighted by Crippen LogP contribution is 2.42. The molecular weight excluding hydrogens is 430 g/mol. The average molecular weight is 462 g/mol. The number of hydrogen-bond donors (Lipinski definition) is 1. The highest BCUT2D eigenvalue weighted by Gasteiger charge is 2.24. The van der Waals surface area contributed by atoms with Crippen LogP contribution in [0.1, 0.15) is 34.1 Å². The molecule has 3 heterocycles. The maximum atomic E-state index is 12.7. The van der Waals surface area contributed by atoms with E-state index in [0.29, 0.717) is 19.2 Å². The molecule has 0 radical (unpaired) electrons. The molecule has 2 aromatic carbocycles. The number of hydrogen-bond acceptors (Lipinski definition) is 5. The quantitative estimate of drug-likeness (QED) is 0.528. The molecule has 1 N–H and O–H groups in total. The Morgan fingerprint density at radius 2 is 2.03 bits per heavy atom. The zero-order valence-electron chi connectivity index (χ0n) is 19.3. The average Bonchev–Trinajstić information content (AvgIpc) is 3.27. The first-order valence-corrected chi connectivity index (χ1v) is 12.6. The van der Waals surface area contributed by atoms with Crippen LogP contribution in [0.2, 0.25) is 0 Å². The molecule has 1 saturated heterocycles.